The van der Waals surface area contributed by atoms with E-state index >= 15 is 0 Å². The molecule has 5 nitrogen and oxygen atoms in total. The van der Waals surface area contributed by atoms with E-state index in [-0.39, 0.29) is 5.91 Å². The average Bonchev–Trinajstić information content (AvgIpc) is 2.64. The second kappa shape index (κ2) is 8.82. The highest BCUT2D eigenvalue weighted by Gasteiger charge is 2.10. The molecule has 0 unspecified atom stereocenters. The molecule has 0 aromatic heterocycles. The Morgan fingerprint density at radius 1 is 0.917 bits per heavy atom. The molecule has 5 heteroatoms. The number of ether oxygens (including phenoxy) is 3. The van der Waals surface area contributed by atoms with Crippen molar-refractivity contribution in [2.75, 3.05) is 27.9 Å². The third-order valence-electron chi connectivity index (χ3n) is 3.75. The molecule has 1 N–H and O–H groups in total. The molecule has 24 heavy (non-hydrogen) atoms. The van der Waals surface area contributed by atoms with Crippen LogP contribution in [-0.4, -0.2) is 33.8 Å². The Balaban J connectivity index is 1.87. The molecule has 0 heterocycles. The van der Waals surface area contributed by atoms with Gasteiger partial charge < -0.3 is 19.5 Å². The molecule has 0 saturated heterocycles. The molecule has 0 bridgehead atoms. The molecule has 0 fully saturated rings. The molecule has 0 saturated carbocycles. The van der Waals surface area contributed by atoms with Crippen LogP contribution >= 0.6 is 0 Å². The first-order chi connectivity index (χ1) is 11.7. The van der Waals surface area contributed by atoms with E-state index in [1.54, 1.807) is 39.5 Å². The molecular formula is C19H23NO4. The number of carbonyl (C=O) groups excluding carboxylic acids is 1. The molecule has 0 aliphatic carbocycles. The minimum Gasteiger partial charge on any atom is -0.496 e. The van der Waals surface area contributed by atoms with E-state index in [0.717, 1.165) is 24.2 Å². The predicted molar refractivity (Wildman–Crippen MR) is 93.2 cm³/mol. The number of carbonyl (C=O) groups is 1. The fraction of sp³-hybridized carbons (Fsp3) is 0.316. The molecule has 2 aromatic rings. The fourth-order valence-corrected chi connectivity index (χ4v) is 2.47. The summed E-state index contributed by atoms with van der Waals surface area (Å²) in [7, 11) is 4.78. The zero-order chi connectivity index (χ0) is 17.4. The van der Waals surface area contributed by atoms with Crippen LogP contribution in [0.3, 0.4) is 0 Å². The van der Waals surface area contributed by atoms with Gasteiger partial charge >= 0.3 is 0 Å². The summed E-state index contributed by atoms with van der Waals surface area (Å²) in [6.45, 7) is 0.589. The quantitative estimate of drug-likeness (QED) is 0.756. The van der Waals surface area contributed by atoms with Crippen molar-refractivity contribution in [3.63, 3.8) is 0 Å². The van der Waals surface area contributed by atoms with Crippen molar-refractivity contribution in [2.45, 2.75) is 12.8 Å². The van der Waals surface area contributed by atoms with Crippen LogP contribution in [0.5, 0.6) is 17.2 Å². The van der Waals surface area contributed by atoms with Gasteiger partial charge in [-0.25, -0.2) is 0 Å². The van der Waals surface area contributed by atoms with E-state index in [9.17, 15) is 4.79 Å². The van der Waals surface area contributed by atoms with Gasteiger partial charge in [-0.05, 0) is 42.7 Å². The Labute approximate surface area is 142 Å². The van der Waals surface area contributed by atoms with Crippen LogP contribution in [0.1, 0.15) is 22.3 Å². The zero-order valence-electron chi connectivity index (χ0n) is 14.3. The average molecular weight is 329 g/mol. The first-order valence-electron chi connectivity index (χ1n) is 7.81. The highest BCUT2D eigenvalue weighted by atomic mass is 16.5. The fourth-order valence-electron chi connectivity index (χ4n) is 2.47. The lowest BCUT2D eigenvalue weighted by Crippen LogP contribution is -2.24. The number of para-hydroxylation sites is 1. The number of aryl methyl sites for hydroxylation is 1. The van der Waals surface area contributed by atoms with Gasteiger partial charge in [-0.3, -0.25) is 4.79 Å². The maximum absolute atomic E-state index is 12.2. The summed E-state index contributed by atoms with van der Waals surface area (Å²) < 4.78 is 15.7. The van der Waals surface area contributed by atoms with Crippen LogP contribution in [0.25, 0.3) is 0 Å². The van der Waals surface area contributed by atoms with Crippen LogP contribution in [0.2, 0.25) is 0 Å². The van der Waals surface area contributed by atoms with Gasteiger partial charge in [0.05, 0.1) is 21.3 Å². The van der Waals surface area contributed by atoms with E-state index in [1.165, 1.54) is 0 Å². The van der Waals surface area contributed by atoms with Crippen LogP contribution < -0.4 is 19.5 Å². The van der Waals surface area contributed by atoms with Crippen LogP contribution in [0.15, 0.2) is 42.5 Å². The second-order valence-electron chi connectivity index (χ2n) is 5.24. The SMILES string of the molecule is COc1ccccc1CCCNC(=O)c1ccc(OC)c(OC)c1. The first kappa shape index (κ1) is 17.7. The molecule has 0 aliphatic rings. The standard InChI is InChI=1S/C19H23NO4/c1-22-16-9-5-4-7-14(16)8-6-12-20-19(21)15-10-11-17(23-2)18(13-15)24-3/h4-5,7,9-11,13H,6,8,12H2,1-3H3,(H,20,21). The van der Waals surface area contributed by atoms with Crippen molar-refractivity contribution in [1.82, 2.24) is 5.32 Å². The van der Waals surface area contributed by atoms with Gasteiger partial charge in [-0.1, -0.05) is 18.2 Å². The third kappa shape index (κ3) is 4.41. The Hall–Kier alpha value is -2.69. The van der Waals surface area contributed by atoms with Gasteiger partial charge in [0.15, 0.2) is 11.5 Å². The Bertz CT molecular complexity index is 685. The minimum atomic E-state index is -0.129. The molecular weight excluding hydrogens is 306 g/mol. The maximum atomic E-state index is 12.2. The maximum Gasteiger partial charge on any atom is 0.251 e. The van der Waals surface area contributed by atoms with Gasteiger partial charge in [0.2, 0.25) is 0 Å². The van der Waals surface area contributed by atoms with Crippen LogP contribution in [-0.2, 0) is 6.42 Å². The third-order valence-corrected chi connectivity index (χ3v) is 3.75. The van der Waals surface area contributed by atoms with Gasteiger partial charge in [-0.2, -0.15) is 0 Å². The number of methoxy groups -OCH3 is 3. The predicted octanol–water partition coefficient (Wildman–Crippen LogP) is 3.08. The molecule has 1 amide bonds. The van der Waals surface area contributed by atoms with Gasteiger partial charge in [0.1, 0.15) is 5.75 Å². The molecule has 2 rings (SSSR count). The van der Waals surface area contributed by atoms with Crippen molar-refractivity contribution in [1.29, 1.82) is 0 Å². The summed E-state index contributed by atoms with van der Waals surface area (Å²) in [6, 6.07) is 13.0. The second-order valence-corrected chi connectivity index (χ2v) is 5.24. The lowest BCUT2D eigenvalue weighted by molar-refractivity contribution is 0.0953. The van der Waals surface area contributed by atoms with Crippen LogP contribution in [0.4, 0.5) is 0 Å². The van der Waals surface area contributed by atoms with E-state index in [1.807, 2.05) is 24.3 Å². The Morgan fingerprint density at radius 2 is 1.62 bits per heavy atom. The molecule has 0 radical (unpaired) electrons. The summed E-state index contributed by atoms with van der Waals surface area (Å²) in [4.78, 5) is 12.2. The monoisotopic (exact) mass is 329 g/mol. The topological polar surface area (TPSA) is 56.8 Å². The highest BCUT2D eigenvalue weighted by Crippen LogP contribution is 2.27. The number of amides is 1. The number of nitrogens with one attached hydrogen (secondary N) is 1. The summed E-state index contributed by atoms with van der Waals surface area (Å²) in [5.74, 6) is 1.89. The summed E-state index contributed by atoms with van der Waals surface area (Å²) in [6.07, 6.45) is 1.68. The Kier molecular flexibility index (Phi) is 6.49. The van der Waals surface area contributed by atoms with Crippen molar-refractivity contribution >= 4 is 5.91 Å². The molecule has 2 aromatic carbocycles. The minimum absolute atomic E-state index is 0.129. The molecule has 0 spiro atoms. The zero-order valence-corrected chi connectivity index (χ0v) is 14.3. The van der Waals surface area contributed by atoms with Gasteiger partial charge in [0, 0.05) is 12.1 Å². The summed E-state index contributed by atoms with van der Waals surface area (Å²) in [5, 5.41) is 2.92. The van der Waals surface area contributed by atoms with Crippen molar-refractivity contribution < 1.29 is 19.0 Å². The number of rotatable bonds is 8. The van der Waals surface area contributed by atoms with Crippen molar-refractivity contribution in [3.8, 4) is 17.2 Å². The van der Waals surface area contributed by atoms with Crippen molar-refractivity contribution in [2.24, 2.45) is 0 Å². The lowest BCUT2D eigenvalue weighted by atomic mass is 10.1. The number of hydrogen-bond acceptors (Lipinski definition) is 4. The van der Waals surface area contributed by atoms with E-state index < -0.39 is 0 Å². The molecule has 0 atom stereocenters. The summed E-state index contributed by atoms with van der Waals surface area (Å²) >= 11 is 0. The Morgan fingerprint density at radius 3 is 2.33 bits per heavy atom. The normalized spacial score (nSPS) is 10.1. The largest absolute Gasteiger partial charge is 0.496 e. The van der Waals surface area contributed by atoms with E-state index in [2.05, 4.69) is 5.32 Å². The van der Waals surface area contributed by atoms with Gasteiger partial charge in [-0.15, -0.1) is 0 Å². The van der Waals surface area contributed by atoms with E-state index in [0.29, 0.717) is 23.6 Å². The van der Waals surface area contributed by atoms with Crippen molar-refractivity contribution in [3.05, 3.63) is 53.6 Å². The van der Waals surface area contributed by atoms with Crippen LogP contribution in [0, 0.1) is 0 Å². The van der Waals surface area contributed by atoms with E-state index in [4.69, 9.17) is 14.2 Å². The summed E-state index contributed by atoms with van der Waals surface area (Å²) in [5.41, 5.74) is 1.69. The molecule has 128 valence electrons. The highest BCUT2D eigenvalue weighted by molar-refractivity contribution is 5.94. The number of hydrogen-bond donors (Lipinski definition) is 1. The lowest BCUT2D eigenvalue weighted by Gasteiger charge is -2.11. The van der Waals surface area contributed by atoms with Gasteiger partial charge in [0.25, 0.3) is 5.91 Å². The molecule has 0 aliphatic heterocycles. The first-order valence-corrected chi connectivity index (χ1v) is 7.81. The number of benzene rings is 2. The smallest absolute Gasteiger partial charge is 0.251 e.